The number of allylic oxidation sites excluding steroid dienone is 2. The number of aliphatic hydroxyl groups is 1. The van der Waals surface area contributed by atoms with Crippen molar-refractivity contribution in [3.05, 3.63) is 126 Å². The molecule has 5 heteroatoms. The molecule has 1 aromatic heterocycles. The predicted octanol–water partition coefficient (Wildman–Crippen LogP) is 6.48. The number of carbonyl (C=O) groups is 2. The van der Waals surface area contributed by atoms with Crippen molar-refractivity contribution >= 4 is 11.6 Å². The number of hydrogen-bond acceptors (Lipinski definition) is 4. The second-order valence-corrected chi connectivity index (χ2v) is 7.38. The van der Waals surface area contributed by atoms with Crippen molar-refractivity contribution in [2.24, 2.45) is 0 Å². The van der Waals surface area contributed by atoms with Crippen molar-refractivity contribution in [3.8, 4) is 22.4 Å². The SMILES string of the molecule is CC(=O)C=C(C)O.O=C(c1ccccc1)c1ccc(-c2ccc(-c3[c-]cccc3)nc2)cc1.[Pt]. The molecule has 0 aliphatic carbocycles. The Kier molecular flexibility index (Phi) is 10.3. The molecule has 0 aliphatic heterocycles. The van der Waals surface area contributed by atoms with E-state index in [1.165, 1.54) is 19.9 Å². The first-order valence-corrected chi connectivity index (χ1v) is 10.4. The average Bonchev–Trinajstić information content (AvgIpc) is 2.84. The fraction of sp³-hybridized carbons (Fsp3) is 0.0690. The Balaban J connectivity index is 0.000000449. The zero-order chi connectivity index (χ0) is 23.6. The van der Waals surface area contributed by atoms with Gasteiger partial charge < -0.3 is 10.1 Å². The van der Waals surface area contributed by atoms with Gasteiger partial charge in [-0.1, -0.05) is 66.7 Å². The Labute approximate surface area is 214 Å². The van der Waals surface area contributed by atoms with Gasteiger partial charge in [0.25, 0.3) is 0 Å². The van der Waals surface area contributed by atoms with E-state index >= 15 is 0 Å². The van der Waals surface area contributed by atoms with Gasteiger partial charge in [0.05, 0.1) is 5.76 Å². The summed E-state index contributed by atoms with van der Waals surface area (Å²) in [5, 5.41) is 8.36. The van der Waals surface area contributed by atoms with Crippen LogP contribution in [0, 0.1) is 6.07 Å². The van der Waals surface area contributed by atoms with Gasteiger partial charge in [0, 0.05) is 44.5 Å². The number of hydrogen-bond donors (Lipinski definition) is 1. The molecule has 0 saturated carbocycles. The summed E-state index contributed by atoms with van der Waals surface area (Å²) in [6, 6.07) is 32.0. The van der Waals surface area contributed by atoms with E-state index in [1.54, 1.807) is 0 Å². The number of nitrogens with zero attached hydrogens (tertiary/aromatic N) is 1. The van der Waals surface area contributed by atoms with Crippen molar-refractivity contribution in [1.82, 2.24) is 4.98 Å². The van der Waals surface area contributed by atoms with Gasteiger partial charge in [-0.2, -0.15) is 0 Å². The molecule has 1 N–H and O–H groups in total. The third-order valence-corrected chi connectivity index (χ3v) is 4.68. The topological polar surface area (TPSA) is 67.3 Å². The van der Waals surface area contributed by atoms with Crippen LogP contribution in [0.4, 0.5) is 0 Å². The molecule has 0 fully saturated rings. The van der Waals surface area contributed by atoms with E-state index in [9.17, 15) is 9.59 Å². The normalized spacial score (nSPS) is 10.4. The predicted molar refractivity (Wildman–Crippen MR) is 131 cm³/mol. The zero-order valence-corrected chi connectivity index (χ0v) is 21.1. The molecular weight excluding hydrogens is 605 g/mol. The minimum atomic E-state index is -0.125. The first kappa shape index (κ1) is 26.6. The van der Waals surface area contributed by atoms with E-state index in [-0.39, 0.29) is 38.4 Å². The summed E-state index contributed by atoms with van der Waals surface area (Å²) < 4.78 is 0. The number of ketones is 2. The summed E-state index contributed by atoms with van der Waals surface area (Å²) in [5.74, 6) is -0.0299. The van der Waals surface area contributed by atoms with E-state index < -0.39 is 0 Å². The smallest absolute Gasteiger partial charge is 0.193 e. The van der Waals surface area contributed by atoms with E-state index in [0.717, 1.165) is 22.4 Å². The van der Waals surface area contributed by atoms with Crippen molar-refractivity contribution in [1.29, 1.82) is 0 Å². The van der Waals surface area contributed by atoms with Gasteiger partial charge >= 0.3 is 0 Å². The number of aliphatic hydroxyl groups excluding tert-OH is 1. The molecule has 0 saturated heterocycles. The molecule has 0 spiro atoms. The van der Waals surface area contributed by atoms with Gasteiger partial charge in [0.15, 0.2) is 11.6 Å². The van der Waals surface area contributed by atoms with E-state index in [0.29, 0.717) is 11.1 Å². The number of rotatable bonds is 5. The van der Waals surface area contributed by atoms with Gasteiger partial charge in [0.2, 0.25) is 0 Å². The maximum absolute atomic E-state index is 12.5. The van der Waals surface area contributed by atoms with E-state index in [2.05, 4.69) is 11.1 Å². The molecular formula is C29H24NO3Pt-. The Morgan fingerprint density at radius 1 is 0.794 bits per heavy atom. The molecule has 0 bridgehead atoms. The van der Waals surface area contributed by atoms with Crippen LogP contribution >= 0.6 is 0 Å². The van der Waals surface area contributed by atoms with Crippen LogP contribution in [0.25, 0.3) is 22.4 Å². The van der Waals surface area contributed by atoms with Crippen LogP contribution in [-0.2, 0) is 25.9 Å². The molecule has 4 aromatic rings. The number of carbonyl (C=O) groups excluding carboxylic acids is 2. The van der Waals surface area contributed by atoms with Gasteiger partial charge in [-0.15, -0.1) is 35.9 Å². The van der Waals surface area contributed by atoms with Crippen molar-refractivity contribution in [2.75, 3.05) is 0 Å². The summed E-state index contributed by atoms with van der Waals surface area (Å²) in [5.41, 5.74) is 5.30. The molecule has 34 heavy (non-hydrogen) atoms. The molecule has 1 heterocycles. The van der Waals surface area contributed by atoms with Crippen LogP contribution in [-0.4, -0.2) is 21.7 Å². The quantitative estimate of drug-likeness (QED) is 0.119. The fourth-order valence-corrected chi connectivity index (χ4v) is 3.14. The Morgan fingerprint density at radius 2 is 1.41 bits per heavy atom. The summed E-state index contributed by atoms with van der Waals surface area (Å²) in [6.07, 6.45) is 3.02. The van der Waals surface area contributed by atoms with Crippen LogP contribution < -0.4 is 0 Å². The third kappa shape index (κ3) is 7.75. The van der Waals surface area contributed by atoms with Crippen molar-refractivity contribution in [2.45, 2.75) is 13.8 Å². The van der Waals surface area contributed by atoms with E-state index in [1.807, 2.05) is 97.2 Å². The number of benzene rings is 3. The molecule has 4 rings (SSSR count). The first-order valence-electron chi connectivity index (χ1n) is 10.4. The molecule has 0 amide bonds. The molecule has 4 nitrogen and oxygen atoms in total. The second-order valence-electron chi connectivity index (χ2n) is 7.38. The molecule has 0 aliphatic rings. The monoisotopic (exact) mass is 629 g/mol. The number of aromatic nitrogens is 1. The molecule has 0 radical (unpaired) electrons. The van der Waals surface area contributed by atoms with Gasteiger partial charge in [-0.05, 0) is 30.7 Å². The van der Waals surface area contributed by atoms with Crippen molar-refractivity contribution < 1.29 is 35.8 Å². The Morgan fingerprint density at radius 3 is 1.91 bits per heavy atom. The van der Waals surface area contributed by atoms with Gasteiger partial charge in [-0.3, -0.25) is 9.59 Å². The van der Waals surface area contributed by atoms with Gasteiger partial charge in [-0.25, -0.2) is 0 Å². The Hall–Kier alpha value is -3.62. The average molecular weight is 630 g/mol. The summed E-state index contributed by atoms with van der Waals surface area (Å²) in [7, 11) is 0. The third-order valence-electron chi connectivity index (χ3n) is 4.68. The van der Waals surface area contributed by atoms with Gasteiger partial charge in [0.1, 0.15) is 0 Å². The van der Waals surface area contributed by atoms with E-state index in [4.69, 9.17) is 5.11 Å². The minimum absolute atomic E-state index is 0. The molecule has 0 atom stereocenters. The summed E-state index contributed by atoms with van der Waals surface area (Å²) in [4.78, 5) is 27.0. The maximum Gasteiger partial charge on any atom is 0.193 e. The standard InChI is InChI=1S/C24H16NO.C5H8O2.Pt/c26-24(20-9-5-2-6-10-20)21-13-11-18(12-14-21)22-15-16-23(25-17-22)19-7-3-1-4-8-19;1-4(6)3-5(2)7;/h1-7,9-17H;3,6H,1-2H3;/q-1;;. The minimum Gasteiger partial charge on any atom is -0.512 e. The van der Waals surface area contributed by atoms with Crippen LogP contribution in [0.5, 0.6) is 0 Å². The van der Waals surface area contributed by atoms with Crippen LogP contribution in [0.2, 0.25) is 0 Å². The molecule has 3 aromatic carbocycles. The summed E-state index contributed by atoms with van der Waals surface area (Å²) >= 11 is 0. The zero-order valence-electron chi connectivity index (χ0n) is 18.8. The second kappa shape index (κ2) is 13.2. The van der Waals surface area contributed by atoms with Crippen LogP contribution in [0.3, 0.4) is 0 Å². The fourth-order valence-electron chi connectivity index (χ4n) is 3.14. The number of pyridine rings is 1. The molecule has 0 unspecified atom stereocenters. The first-order chi connectivity index (χ1) is 15.9. The van der Waals surface area contributed by atoms with Crippen LogP contribution in [0.15, 0.2) is 109 Å². The maximum atomic E-state index is 12.5. The Bertz CT molecular complexity index is 1230. The van der Waals surface area contributed by atoms with Crippen molar-refractivity contribution in [3.63, 3.8) is 0 Å². The molecule has 174 valence electrons. The summed E-state index contributed by atoms with van der Waals surface area (Å²) in [6.45, 7) is 2.85. The van der Waals surface area contributed by atoms with Crippen LogP contribution in [0.1, 0.15) is 29.8 Å². The largest absolute Gasteiger partial charge is 0.512 e.